The molecular formula is C12H14F2O. The summed E-state index contributed by atoms with van der Waals surface area (Å²) < 4.78 is 32.5. The van der Waals surface area contributed by atoms with Crippen molar-refractivity contribution in [2.24, 2.45) is 0 Å². The van der Waals surface area contributed by atoms with Crippen molar-refractivity contribution in [1.29, 1.82) is 0 Å². The average Bonchev–Trinajstić information content (AvgIpc) is 2.16. The van der Waals surface area contributed by atoms with Crippen LogP contribution in [0.25, 0.3) is 0 Å². The number of hydrogen-bond donors (Lipinski definition) is 0. The molecule has 82 valence electrons. The number of para-hydroxylation sites is 1. The summed E-state index contributed by atoms with van der Waals surface area (Å²) in [6.45, 7) is 4.06. The topological polar surface area (TPSA) is 9.23 Å². The smallest absolute Gasteiger partial charge is 0.280 e. The maximum Gasteiger partial charge on any atom is 0.280 e. The summed E-state index contributed by atoms with van der Waals surface area (Å²) in [5.74, 6) is -2.14. The SMILES string of the molecule is CC(C)c1cccc2c1OCCC2(F)F. The largest absolute Gasteiger partial charge is 0.493 e. The number of alkyl halides is 2. The Morgan fingerprint density at radius 1 is 1.33 bits per heavy atom. The third-order valence-corrected chi connectivity index (χ3v) is 2.72. The predicted octanol–water partition coefficient (Wildman–Crippen LogP) is 3.68. The van der Waals surface area contributed by atoms with Gasteiger partial charge in [0.15, 0.2) is 0 Å². The molecule has 1 aromatic rings. The number of fused-ring (bicyclic) bond motifs is 1. The fourth-order valence-electron chi connectivity index (χ4n) is 1.87. The number of halogens is 2. The van der Waals surface area contributed by atoms with Crippen molar-refractivity contribution < 1.29 is 13.5 Å². The summed E-state index contributed by atoms with van der Waals surface area (Å²) in [6, 6.07) is 4.99. The lowest BCUT2D eigenvalue weighted by molar-refractivity contribution is -0.0408. The predicted molar refractivity (Wildman–Crippen MR) is 54.5 cm³/mol. The molecule has 0 saturated heterocycles. The van der Waals surface area contributed by atoms with Crippen molar-refractivity contribution in [3.8, 4) is 5.75 Å². The highest BCUT2D eigenvalue weighted by molar-refractivity contribution is 5.46. The summed E-state index contributed by atoms with van der Waals surface area (Å²) in [5, 5.41) is 0. The highest BCUT2D eigenvalue weighted by atomic mass is 19.3. The first kappa shape index (κ1) is 10.4. The first-order valence-electron chi connectivity index (χ1n) is 5.16. The van der Waals surface area contributed by atoms with E-state index in [1.807, 2.05) is 19.9 Å². The zero-order chi connectivity index (χ0) is 11.1. The van der Waals surface area contributed by atoms with Crippen molar-refractivity contribution in [2.45, 2.75) is 32.1 Å². The van der Waals surface area contributed by atoms with Gasteiger partial charge in [0.1, 0.15) is 5.75 Å². The third kappa shape index (κ3) is 1.71. The van der Waals surface area contributed by atoms with Gasteiger partial charge in [-0.2, -0.15) is 0 Å². The van der Waals surface area contributed by atoms with Gasteiger partial charge in [-0.3, -0.25) is 0 Å². The van der Waals surface area contributed by atoms with Crippen LogP contribution in [0.5, 0.6) is 5.75 Å². The molecule has 1 aliphatic heterocycles. The van der Waals surface area contributed by atoms with Crippen LogP contribution in [-0.4, -0.2) is 6.61 Å². The molecule has 0 spiro atoms. The Labute approximate surface area is 88.1 Å². The number of benzene rings is 1. The molecule has 0 aliphatic carbocycles. The first-order chi connectivity index (χ1) is 7.02. The van der Waals surface area contributed by atoms with Gasteiger partial charge in [-0.25, -0.2) is 8.78 Å². The fourth-order valence-corrected chi connectivity index (χ4v) is 1.87. The van der Waals surface area contributed by atoms with Gasteiger partial charge in [0.2, 0.25) is 0 Å². The molecule has 0 fully saturated rings. The zero-order valence-corrected chi connectivity index (χ0v) is 8.89. The van der Waals surface area contributed by atoms with E-state index in [0.29, 0.717) is 5.75 Å². The van der Waals surface area contributed by atoms with Crippen LogP contribution in [0.3, 0.4) is 0 Å². The maximum atomic E-state index is 13.6. The Kier molecular flexibility index (Phi) is 2.41. The maximum absolute atomic E-state index is 13.6. The van der Waals surface area contributed by atoms with Crippen molar-refractivity contribution in [3.63, 3.8) is 0 Å². The molecule has 0 unspecified atom stereocenters. The lowest BCUT2D eigenvalue weighted by atomic mass is 9.94. The first-order valence-corrected chi connectivity index (χ1v) is 5.16. The van der Waals surface area contributed by atoms with Crippen molar-refractivity contribution >= 4 is 0 Å². The second-order valence-corrected chi connectivity index (χ2v) is 4.18. The minimum atomic E-state index is -2.74. The van der Waals surface area contributed by atoms with Crippen LogP contribution in [0, 0.1) is 0 Å². The summed E-state index contributed by atoms with van der Waals surface area (Å²) in [7, 11) is 0. The van der Waals surface area contributed by atoms with Gasteiger partial charge in [0.05, 0.1) is 18.6 Å². The van der Waals surface area contributed by atoms with E-state index in [1.54, 1.807) is 6.07 Å². The minimum absolute atomic E-state index is 0.0416. The molecule has 0 N–H and O–H groups in total. The van der Waals surface area contributed by atoms with Gasteiger partial charge in [0.25, 0.3) is 5.92 Å². The van der Waals surface area contributed by atoms with E-state index in [9.17, 15) is 8.78 Å². The van der Waals surface area contributed by atoms with Crippen molar-refractivity contribution in [3.05, 3.63) is 29.3 Å². The summed E-state index contributed by atoms with van der Waals surface area (Å²) >= 11 is 0. The Hall–Kier alpha value is -1.12. The van der Waals surface area contributed by atoms with Crippen LogP contribution in [0.4, 0.5) is 8.78 Å². The van der Waals surface area contributed by atoms with Gasteiger partial charge in [0, 0.05) is 0 Å². The van der Waals surface area contributed by atoms with Gasteiger partial charge in [-0.1, -0.05) is 26.0 Å². The quantitative estimate of drug-likeness (QED) is 0.690. The van der Waals surface area contributed by atoms with Crippen LogP contribution < -0.4 is 4.74 Å². The van der Waals surface area contributed by atoms with Crippen LogP contribution in [0.1, 0.15) is 37.3 Å². The van der Waals surface area contributed by atoms with E-state index in [-0.39, 0.29) is 24.5 Å². The Bertz CT molecular complexity index is 372. The third-order valence-electron chi connectivity index (χ3n) is 2.72. The van der Waals surface area contributed by atoms with Crippen LogP contribution in [0.15, 0.2) is 18.2 Å². The molecule has 1 nitrogen and oxygen atoms in total. The van der Waals surface area contributed by atoms with Crippen LogP contribution in [0.2, 0.25) is 0 Å². The molecule has 0 aromatic heterocycles. The summed E-state index contributed by atoms with van der Waals surface area (Å²) in [6.07, 6.45) is -0.221. The number of hydrogen-bond acceptors (Lipinski definition) is 1. The van der Waals surface area contributed by atoms with Gasteiger partial charge < -0.3 is 4.74 Å². The van der Waals surface area contributed by atoms with E-state index >= 15 is 0 Å². The van der Waals surface area contributed by atoms with E-state index in [4.69, 9.17) is 4.74 Å². The Morgan fingerprint density at radius 3 is 2.73 bits per heavy atom. The van der Waals surface area contributed by atoms with E-state index in [2.05, 4.69) is 0 Å². The molecule has 0 amide bonds. The molecule has 15 heavy (non-hydrogen) atoms. The minimum Gasteiger partial charge on any atom is -0.493 e. The second-order valence-electron chi connectivity index (χ2n) is 4.18. The van der Waals surface area contributed by atoms with Gasteiger partial charge in [-0.05, 0) is 17.5 Å². The summed E-state index contributed by atoms with van der Waals surface area (Å²) in [5.41, 5.74) is 0.909. The Morgan fingerprint density at radius 2 is 2.07 bits per heavy atom. The zero-order valence-electron chi connectivity index (χ0n) is 8.89. The fraction of sp³-hybridized carbons (Fsp3) is 0.500. The lowest BCUT2D eigenvalue weighted by Crippen LogP contribution is -2.25. The molecule has 1 heterocycles. The average molecular weight is 212 g/mol. The normalized spacial score (nSPS) is 18.5. The van der Waals surface area contributed by atoms with E-state index < -0.39 is 5.92 Å². The molecule has 0 saturated carbocycles. The van der Waals surface area contributed by atoms with Gasteiger partial charge in [-0.15, -0.1) is 0 Å². The van der Waals surface area contributed by atoms with E-state index in [1.165, 1.54) is 6.07 Å². The molecule has 0 radical (unpaired) electrons. The number of rotatable bonds is 1. The number of ether oxygens (including phenoxy) is 1. The molecule has 3 heteroatoms. The highest BCUT2D eigenvalue weighted by Crippen LogP contribution is 2.44. The molecular weight excluding hydrogens is 198 g/mol. The summed E-state index contributed by atoms with van der Waals surface area (Å²) in [4.78, 5) is 0. The van der Waals surface area contributed by atoms with Crippen molar-refractivity contribution in [2.75, 3.05) is 6.61 Å². The second kappa shape index (κ2) is 3.47. The monoisotopic (exact) mass is 212 g/mol. The van der Waals surface area contributed by atoms with E-state index in [0.717, 1.165) is 5.56 Å². The molecule has 1 aliphatic rings. The molecule has 0 atom stereocenters. The van der Waals surface area contributed by atoms with Crippen LogP contribution in [-0.2, 0) is 5.92 Å². The van der Waals surface area contributed by atoms with Crippen LogP contribution >= 0.6 is 0 Å². The van der Waals surface area contributed by atoms with Crippen molar-refractivity contribution in [1.82, 2.24) is 0 Å². The van der Waals surface area contributed by atoms with Gasteiger partial charge >= 0.3 is 0 Å². The highest BCUT2D eigenvalue weighted by Gasteiger charge is 2.38. The molecule has 1 aromatic carbocycles. The molecule has 0 bridgehead atoms. The molecule has 2 rings (SSSR count). The standard InChI is InChI=1S/C12H14F2O/c1-8(2)9-4-3-5-10-11(9)15-7-6-12(10,13)14/h3-5,8H,6-7H2,1-2H3. The lowest BCUT2D eigenvalue weighted by Gasteiger charge is -2.28. The Balaban J connectivity index is 2.56.